The van der Waals surface area contributed by atoms with E-state index in [1.54, 1.807) is 0 Å². The maximum absolute atomic E-state index is 6.16. The molecule has 0 unspecified atom stereocenters. The smallest absolute Gasteiger partial charge is 0.196 e. The Morgan fingerprint density at radius 2 is 1.89 bits per heavy atom. The second kappa shape index (κ2) is 4.30. The summed E-state index contributed by atoms with van der Waals surface area (Å²) in [5.74, 6) is 0.700. The number of rotatable bonds is 1. The maximum Gasteiger partial charge on any atom is 0.196 e. The minimum absolute atomic E-state index is 0.161. The molecule has 1 fully saturated rings. The van der Waals surface area contributed by atoms with E-state index in [-0.39, 0.29) is 5.54 Å². The predicted octanol–water partition coefficient (Wildman–Crippen LogP) is 2.83. The third kappa shape index (κ3) is 1.69. The van der Waals surface area contributed by atoms with Gasteiger partial charge in [0.1, 0.15) is 0 Å². The van der Waals surface area contributed by atoms with Gasteiger partial charge in [0.15, 0.2) is 5.96 Å². The van der Waals surface area contributed by atoms with E-state index in [1.165, 1.54) is 43.4 Å². The molecule has 18 heavy (non-hydrogen) atoms. The monoisotopic (exact) mass is 243 g/mol. The summed E-state index contributed by atoms with van der Waals surface area (Å²) in [6.07, 6.45) is 6.37. The van der Waals surface area contributed by atoms with Crippen molar-refractivity contribution in [2.24, 2.45) is 10.7 Å². The topological polar surface area (TPSA) is 41.6 Å². The SMILES string of the molecule is Cc1ccccc1N1C(N)=NCC12CCCCC2. The van der Waals surface area contributed by atoms with Gasteiger partial charge in [-0.15, -0.1) is 0 Å². The minimum Gasteiger partial charge on any atom is -0.369 e. The maximum atomic E-state index is 6.16. The molecule has 2 aliphatic rings. The van der Waals surface area contributed by atoms with Gasteiger partial charge >= 0.3 is 0 Å². The van der Waals surface area contributed by atoms with E-state index in [0.29, 0.717) is 5.96 Å². The number of hydrogen-bond donors (Lipinski definition) is 1. The highest BCUT2D eigenvalue weighted by molar-refractivity contribution is 5.99. The van der Waals surface area contributed by atoms with E-state index in [4.69, 9.17) is 5.73 Å². The zero-order chi connectivity index (χ0) is 12.6. The van der Waals surface area contributed by atoms with E-state index in [9.17, 15) is 0 Å². The fourth-order valence-corrected chi connectivity index (χ4v) is 3.40. The molecule has 2 N–H and O–H groups in total. The summed E-state index contributed by atoms with van der Waals surface area (Å²) in [7, 11) is 0. The van der Waals surface area contributed by atoms with Crippen LogP contribution >= 0.6 is 0 Å². The van der Waals surface area contributed by atoms with Crippen LogP contribution in [0, 0.1) is 6.92 Å². The first kappa shape index (κ1) is 11.6. The van der Waals surface area contributed by atoms with Gasteiger partial charge in [0.25, 0.3) is 0 Å². The molecule has 1 spiro atoms. The van der Waals surface area contributed by atoms with Gasteiger partial charge in [-0.3, -0.25) is 4.99 Å². The van der Waals surface area contributed by atoms with Crippen molar-refractivity contribution < 1.29 is 0 Å². The Kier molecular flexibility index (Phi) is 2.77. The summed E-state index contributed by atoms with van der Waals surface area (Å²) in [6, 6.07) is 8.48. The summed E-state index contributed by atoms with van der Waals surface area (Å²) in [6.45, 7) is 3.02. The van der Waals surface area contributed by atoms with Crippen LogP contribution in [0.3, 0.4) is 0 Å². The number of benzene rings is 1. The lowest BCUT2D eigenvalue weighted by atomic mass is 9.80. The summed E-state index contributed by atoms with van der Waals surface area (Å²) >= 11 is 0. The van der Waals surface area contributed by atoms with Gasteiger partial charge in [-0.25, -0.2) is 0 Å². The number of para-hydroxylation sites is 1. The van der Waals surface area contributed by atoms with Crippen molar-refractivity contribution in [1.82, 2.24) is 0 Å². The van der Waals surface area contributed by atoms with Crippen LogP contribution in [0.1, 0.15) is 37.7 Å². The fourth-order valence-electron chi connectivity index (χ4n) is 3.40. The molecule has 1 aliphatic carbocycles. The summed E-state index contributed by atoms with van der Waals surface area (Å²) in [4.78, 5) is 6.84. The second-order valence-corrected chi connectivity index (χ2v) is 5.58. The van der Waals surface area contributed by atoms with Gasteiger partial charge < -0.3 is 10.6 Å². The molecule has 96 valence electrons. The van der Waals surface area contributed by atoms with Crippen molar-refractivity contribution in [1.29, 1.82) is 0 Å². The van der Waals surface area contributed by atoms with Crippen LogP contribution < -0.4 is 10.6 Å². The van der Waals surface area contributed by atoms with Crippen LogP contribution in [0.5, 0.6) is 0 Å². The zero-order valence-electron chi connectivity index (χ0n) is 11.0. The summed E-state index contributed by atoms with van der Waals surface area (Å²) in [5, 5.41) is 0. The van der Waals surface area contributed by atoms with E-state index >= 15 is 0 Å². The predicted molar refractivity (Wildman–Crippen MR) is 76.0 cm³/mol. The highest BCUT2D eigenvalue weighted by Gasteiger charge is 2.43. The van der Waals surface area contributed by atoms with Crippen molar-refractivity contribution in [2.45, 2.75) is 44.6 Å². The minimum atomic E-state index is 0.161. The van der Waals surface area contributed by atoms with Crippen molar-refractivity contribution >= 4 is 11.6 Å². The Morgan fingerprint density at radius 1 is 1.17 bits per heavy atom. The number of anilines is 1. The van der Waals surface area contributed by atoms with Crippen LogP contribution in [0.15, 0.2) is 29.3 Å². The van der Waals surface area contributed by atoms with Gasteiger partial charge in [-0.2, -0.15) is 0 Å². The second-order valence-electron chi connectivity index (χ2n) is 5.58. The molecule has 1 aromatic rings. The third-order valence-corrected chi connectivity index (χ3v) is 4.38. The number of nitrogens with zero attached hydrogens (tertiary/aromatic N) is 2. The van der Waals surface area contributed by atoms with Gasteiger partial charge in [0.2, 0.25) is 0 Å². The Labute approximate surface area is 109 Å². The lowest BCUT2D eigenvalue weighted by Crippen LogP contribution is -2.53. The van der Waals surface area contributed by atoms with E-state index in [0.717, 1.165) is 6.54 Å². The molecule has 0 amide bonds. The first-order valence-corrected chi connectivity index (χ1v) is 6.89. The number of aliphatic imine (C=N–C) groups is 1. The first-order valence-electron chi connectivity index (χ1n) is 6.89. The fraction of sp³-hybridized carbons (Fsp3) is 0.533. The van der Waals surface area contributed by atoms with Crippen LogP contribution in [0.4, 0.5) is 5.69 Å². The molecule has 0 bridgehead atoms. The lowest BCUT2D eigenvalue weighted by Gasteiger charge is -2.42. The van der Waals surface area contributed by atoms with E-state index in [2.05, 4.69) is 41.1 Å². The summed E-state index contributed by atoms with van der Waals surface area (Å²) in [5.41, 5.74) is 8.84. The van der Waals surface area contributed by atoms with Gasteiger partial charge in [-0.1, -0.05) is 37.5 Å². The van der Waals surface area contributed by atoms with E-state index in [1.807, 2.05) is 0 Å². The molecule has 1 heterocycles. The molecule has 3 heteroatoms. The molecule has 1 saturated carbocycles. The quantitative estimate of drug-likeness (QED) is 0.824. The van der Waals surface area contributed by atoms with Crippen LogP contribution in [-0.4, -0.2) is 18.0 Å². The molecule has 0 atom stereocenters. The standard InChI is InChI=1S/C15H21N3/c1-12-7-3-4-8-13(12)18-14(16)17-11-15(18)9-5-2-6-10-15/h3-4,7-8H,2,5-6,9-11H2,1H3,(H2,16,17). The molecule has 0 aromatic heterocycles. The number of aryl methyl sites for hydroxylation is 1. The normalized spacial score (nSPS) is 22.3. The molecule has 0 saturated heterocycles. The largest absolute Gasteiger partial charge is 0.369 e. The van der Waals surface area contributed by atoms with Crippen molar-refractivity contribution in [3.63, 3.8) is 0 Å². The first-order chi connectivity index (χ1) is 8.73. The number of hydrogen-bond acceptors (Lipinski definition) is 3. The third-order valence-electron chi connectivity index (χ3n) is 4.38. The lowest BCUT2D eigenvalue weighted by molar-refractivity contribution is 0.317. The Morgan fingerprint density at radius 3 is 2.61 bits per heavy atom. The Balaban J connectivity index is 2.01. The van der Waals surface area contributed by atoms with Gasteiger partial charge in [-0.05, 0) is 31.4 Å². The molecule has 0 radical (unpaired) electrons. The van der Waals surface area contributed by atoms with Crippen LogP contribution in [-0.2, 0) is 0 Å². The summed E-state index contributed by atoms with van der Waals surface area (Å²) < 4.78 is 0. The molecule has 3 rings (SSSR count). The highest BCUT2D eigenvalue weighted by atomic mass is 15.4. The number of nitrogens with two attached hydrogens (primary N) is 1. The van der Waals surface area contributed by atoms with Crippen molar-refractivity contribution in [3.05, 3.63) is 29.8 Å². The zero-order valence-corrected chi connectivity index (χ0v) is 11.0. The Hall–Kier alpha value is -1.51. The average Bonchev–Trinajstić information content (AvgIpc) is 2.69. The van der Waals surface area contributed by atoms with Gasteiger partial charge in [0, 0.05) is 5.69 Å². The molecular weight excluding hydrogens is 222 g/mol. The van der Waals surface area contributed by atoms with Crippen molar-refractivity contribution in [2.75, 3.05) is 11.4 Å². The average molecular weight is 243 g/mol. The van der Waals surface area contributed by atoms with Crippen molar-refractivity contribution in [3.8, 4) is 0 Å². The van der Waals surface area contributed by atoms with Gasteiger partial charge in [0.05, 0.1) is 12.1 Å². The highest BCUT2D eigenvalue weighted by Crippen LogP contribution is 2.40. The molecule has 1 aromatic carbocycles. The van der Waals surface area contributed by atoms with E-state index < -0.39 is 0 Å². The Bertz CT molecular complexity index is 472. The van der Waals surface area contributed by atoms with Crippen LogP contribution in [0.25, 0.3) is 0 Å². The molecule has 1 aliphatic heterocycles. The number of guanidine groups is 1. The molecule has 3 nitrogen and oxygen atoms in total. The molecular formula is C15H21N3. The van der Waals surface area contributed by atoms with Crippen LogP contribution in [0.2, 0.25) is 0 Å².